The molecule has 27 heavy (non-hydrogen) atoms. The Labute approximate surface area is 165 Å². The molecule has 0 atom stereocenters. The van der Waals surface area contributed by atoms with Crippen LogP contribution in [-0.2, 0) is 0 Å². The quantitative estimate of drug-likeness (QED) is 0.698. The SMILES string of the molecule is COc1cc(-c2ccc(SCC[NH+]3CCCCC3)nn2)cc(OC)c1OC. The fraction of sp³-hybridized carbons (Fsp3) is 0.500. The minimum absolute atomic E-state index is 0.573. The molecule has 0 bridgehead atoms. The van der Waals surface area contributed by atoms with Gasteiger partial charge in [0, 0.05) is 11.3 Å². The number of piperidine rings is 1. The zero-order chi connectivity index (χ0) is 19.1. The summed E-state index contributed by atoms with van der Waals surface area (Å²) >= 11 is 1.78. The number of nitrogens with zero attached hydrogens (tertiary/aromatic N) is 2. The van der Waals surface area contributed by atoms with Crippen LogP contribution < -0.4 is 19.1 Å². The van der Waals surface area contributed by atoms with Gasteiger partial charge >= 0.3 is 0 Å². The Morgan fingerprint density at radius 3 is 2.19 bits per heavy atom. The van der Waals surface area contributed by atoms with Gasteiger partial charge in [0.05, 0.1) is 46.7 Å². The van der Waals surface area contributed by atoms with Gasteiger partial charge in [-0.05, 0) is 43.5 Å². The number of hydrogen-bond donors (Lipinski definition) is 1. The van der Waals surface area contributed by atoms with Crippen molar-refractivity contribution < 1.29 is 19.1 Å². The molecule has 1 aliphatic heterocycles. The summed E-state index contributed by atoms with van der Waals surface area (Å²) in [5.41, 5.74) is 1.66. The highest BCUT2D eigenvalue weighted by atomic mass is 32.2. The second-order valence-corrected chi connectivity index (χ2v) is 7.70. The number of aromatic nitrogens is 2. The Kier molecular flexibility index (Phi) is 7.18. The molecule has 3 rings (SSSR count). The van der Waals surface area contributed by atoms with Gasteiger partial charge < -0.3 is 19.1 Å². The summed E-state index contributed by atoms with van der Waals surface area (Å²) in [4.78, 5) is 1.72. The molecule has 0 radical (unpaired) electrons. The van der Waals surface area contributed by atoms with E-state index in [-0.39, 0.29) is 0 Å². The molecule has 7 heteroatoms. The Hall–Kier alpha value is -1.99. The molecule has 1 N–H and O–H groups in total. The minimum atomic E-state index is 0.573. The maximum atomic E-state index is 5.42. The van der Waals surface area contributed by atoms with Crippen LogP contribution in [0.1, 0.15) is 19.3 Å². The van der Waals surface area contributed by atoms with Crippen LogP contribution in [0.25, 0.3) is 11.3 Å². The highest BCUT2D eigenvalue weighted by molar-refractivity contribution is 7.99. The number of nitrogens with one attached hydrogen (secondary N) is 1. The van der Waals surface area contributed by atoms with E-state index >= 15 is 0 Å². The van der Waals surface area contributed by atoms with Crippen LogP contribution in [0.2, 0.25) is 0 Å². The minimum Gasteiger partial charge on any atom is -0.493 e. The first-order valence-electron chi connectivity index (χ1n) is 9.35. The summed E-state index contributed by atoms with van der Waals surface area (Å²) < 4.78 is 16.2. The van der Waals surface area contributed by atoms with Gasteiger partial charge in [0.25, 0.3) is 0 Å². The molecule has 1 fully saturated rings. The summed E-state index contributed by atoms with van der Waals surface area (Å²) in [5.74, 6) is 2.87. The van der Waals surface area contributed by atoms with Crippen molar-refractivity contribution in [2.75, 3.05) is 46.7 Å². The second kappa shape index (κ2) is 9.80. The van der Waals surface area contributed by atoms with Crippen molar-refractivity contribution in [1.29, 1.82) is 0 Å². The third-order valence-corrected chi connectivity index (χ3v) is 5.79. The van der Waals surface area contributed by atoms with Crippen molar-refractivity contribution in [2.24, 2.45) is 0 Å². The average Bonchev–Trinajstić information content (AvgIpc) is 2.74. The van der Waals surface area contributed by atoms with E-state index < -0.39 is 0 Å². The number of rotatable bonds is 8. The molecule has 146 valence electrons. The lowest BCUT2D eigenvalue weighted by atomic mass is 10.1. The van der Waals surface area contributed by atoms with Crippen LogP contribution in [0.3, 0.4) is 0 Å². The first kappa shape index (κ1) is 19.8. The van der Waals surface area contributed by atoms with Crippen LogP contribution >= 0.6 is 11.8 Å². The van der Waals surface area contributed by atoms with Gasteiger partial charge in [-0.2, -0.15) is 0 Å². The number of quaternary nitrogens is 1. The van der Waals surface area contributed by atoms with E-state index in [4.69, 9.17) is 14.2 Å². The Morgan fingerprint density at radius 1 is 0.926 bits per heavy atom. The van der Waals surface area contributed by atoms with Crippen molar-refractivity contribution in [1.82, 2.24) is 10.2 Å². The first-order valence-corrected chi connectivity index (χ1v) is 10.3. The molecule has 1 saturated heterocycles. The number of likely N-dealkylation sites (tertiary alicyclic amines) is 1. The van der Waals surface area contributed by atoms with Gasteiger partial charge in [-0.15, -0.1) is 10.2 Å². The average molecular weight is 391 g/mol. The maximum absolute atomic E-state index is 5.42. The molecule has 1 aliphatic rings. The van der Waals surface area contributed by atoms with Crippen LogP contribution in [-0.4, -0.2) is 56.9 Å². The van der Waals surface area contributed by atoms with Gasteiger partial charge in [-0.3, -0.25) is 0 Å². The predicted octanol–water partition coefficient (Wildman–Crippen LogP) is 2.33. The van der Waals surface area contributed by atoms with Crippen molar-refractivity contribution in [3.05, 3.63) is 24.3 Å². The number of hydrogen-bond acceptors (Lipinski definition) is 6. The van der Waals surface area contributed by atoms with Crippen molar-refractivity contribution in [3.8, 4) is 28.5 Å². The first-order chi connectivity index (χ1) is 13.2. The zero-order valence-electron chi connectivity index (χ0n) is 16.3. The van der Waals surface area contributed by atoms with Crippen LogP contribution in [0.4, 0.5) is 0 Å². The third kappa shape index (κ3) is 5.05. The lowest BCUT2D eigenvalue weighted by Gasteiger charge is -2.23. The van der Waals surface area contributed by atoms with E-state index in [0.717, 1.165) is 22.0 Å². The third-order valence-electron chi connectivity index (χ3n) is 4.87. The van der Waals surface area contributed by atoms with Gasteiger partial charge in [0.15, 0.2) is 11.5 Å². The molecular formula is C20H28N3O3S+. The second-order valence-electron chi connectivity index (χ2n) is 6.58. The van der Waals surface area contributed by atoms with Crippen molar-refractivity contribution in [3.63, 3.8) is 0 Å². The van der Waals surface area contributed by atoms with Crippen LogP contribution in [0.5, 0.6) is 17.2 Å². The molecule has 2 aromatic rings. The standard InChI is InChI=1S/C20H27N3O3S/c1-24-17-13-15(14-18(25-2)20(17)26-3)16-7-8-19(22-21-16)27-12-11-23-9-5-4-6-10-23/h7-8,13-14H,4-6,9-12H2,1-3H3/p+1. The maximum Gasteiger partial charge on any atom is 0.203 e. The normalized spacial score (nSPS) is 14.8. The van der Waals surface area contributed by atoms with Gasteiger partial charge in [-0.1, -0.05) is 11.8 Å². The summed E-state index contributed by atoms with van der Waals surface area (Å²) in [7, 11) is 4.81. The van der Waals surface area contributed by atoms with Gasteiger partial charge in [-0.25, -0.2) is 0 Å². The van der Waals surface area contributed by atoms with Crippen LogP contribution in [0.15, 0.2) is 29.3 Å². The van der Waals surface area contributed by atoms with Crippen LogP contribution in [0, 0.1) is 0 Å². The monoisotopic (exact) mass is 390 g/mol. The largest absolute Gasteiger partial charge is 0.493 e. The van der Waals surface area contributed by atoms with Gasteiger partial charge in [0.2, 0.25) is 5.75 Å². The molecule has 0 amide bonds. The summed E-state index contributed by atoms with van der Waals surface area (Å²) in [6.07, 6.45) is 4.12. The van der Waals surface area contributed by atoms with E-state index in [1.165, 1.54) is 38.9 Å². The number of ether oxygens (including phenoxy) is 3. The molecule has 0 saturated carbocycles. The van der Waals surface area contributed by atoms with Crippen molar-refractivity contribution >= 4 is 11.8 Å². The topological polar surface area (TPSA) is 57.9 Å². The highest BCUT2D eigenvalue weighted by Gasteiger charge is 2.16. The molecule has 1 aromatic heterocycles. The number of thioether (sulfide) groups is 1. The summed E-state index contributed by atoms with van der Waals surface area (Å²) in [5, 5.41) is 9.73. The lowest BCUT2D eigenvalue weighted by Crippen LogP contribution is -3.13. The Bertz CT molecular complexity index is 709. The molecule has 6 nitrogen and oxygen atoms in total. The van der Waals surface area contributed by atoms with E-state index in [1.807, 2.05) is 24.3 Å². The predicted molar refractivity (Wildman–Crippen MR) is 107 cm³/mol. The zero-order valence-corrected chi connectivity index (χ0v) is 17.1. The fourth-order valence-corrected chi connectivity index (χ4v) is 4.24. The van der Waals surface area contributed by atoms with E-state index in [2.05, 4.69) is 10.2 Å². The van der Waals surface area contributed by atoms with E-state index in [9.17, 15) is 0 Å². The van der Waals surface area contributed by atoms with Gasteiger partial charge in [0.1, 0.15) is 5.03 Å². The summed E-state index contributed by atoms with van der Waals surface area (Å²) in [6.45, 7) is 3.82. The lowest BCUT2D eigenvalue weighted by molar-refractivity contribution is -0.902. The molecule has 0 unspecified atom stereocenters. The molecule has 0 spiro atoms. The van der Waals surface area contributed by atoms with E-state index in [1.54, 1.807) is 38.0 Å². The molecule has 1 aromatic carbocycles. The Morgan fingerprint density at radius 2 is 1.63 bits per heavy atom. The van der Waals surface area contributed by atoms with Crippen molar-refractivity contribution in [2.45, 2.75) is 24.3 Å². The highest BCUT2D eigenvalue weighted by Crippen LogP contribution is 2.40. The Balaban J connectivity index is 1.66. The molecule has 2 heterocycles. The summed E-state index contributed by atoms with van der Waals surface area (Å²) in [6, 6.07) is 7.79. The smallest absolute Gasteiger partial charge is 0.203 e. The number of methoxy groups -OCH3 is 3. The molecular weight excluding hydrogens is 362 g/mol. The van der Waals surface area contributed by atoms with E-state index in [0.29, 0.717) is 17.2 Å². The number of benzene rings is 1. The fourth-order valence-electron chi connectivity index (χ4n) is 3.38. The molecule has 0 aliphatic carbocycles.